The van der Waals surface area contributed by atoms with E-state index in [0.717, 1.165) is 0 Å². The molecule has 0 bridgehead atoms. The number of carbonyl (C=O) groups is 1. The number of aromatic amines is 1. The topological polar surface area (TPSA) is 132 Å². The zero-order chi connectivity index (χ0) is 22.6. The smallest absolute Gasteiger partial charge is 0.258 e. The lowest BCUT2D eigenvalue weighted by Crippen LogP contribution is -2.30. The fourth-order valence-corrected chi connectivity index (χ4v) is 4.67. The van der Waals surface area contributed by atoms with Crippen LogP contribution in [-0.4, -0.2) is 46.8 Å². The Balaban J connectivity index is 1.74. The van der Waals surface area contributed by atoms with Gasteiger partial charge >= 0.3 is 0 Å². The largest absolute Gasteiger partial charge is 0.506 e. The van der Waals surface area contributed by atoms with Gasteiger partial charge in [-0.25, -0.2) is 13.4 Å². The molecule has 0 saturated carbocycles. The molecule has 0 unspecified atom stereocenters. The van der Waals surface area contributed by atoms with Crippen LogP contribution in [0.15, 0.2) is 52.2 Å². The molecule has 3 N–H and O–H groups in total. The summed E-state index contributed by atoms with van der Waals surface area (Å²) < 4.78 is 26.7. The van der Waals surface area contributed by atoms with E-state index in [1.165, 1.54) is 22.5 Å². The van der Waals surface area contributed by atoms with Gasteiger partial charge in [0.05, 0.1) is 21.5 Å². The van der Waals surface area contributed by atoms with Crippen LogP contribution in [0.2, 0.25) is 0 Å². The van der Waals surface area contributed by atoms with Gasteiger partial charge in [0.2, 0.25) is 15.9 Å². The second kappa shape index (κ2) is 9.27. The van der Waals surface area contributed by atoms with Crippen LogP contribution in [0.1, 0.15) is 26.1 Å². The number of aromatic nitrogens is 2. The minimum absolute atomic E-state index is 0.00167. The van der Waals surface area contributed by atoms with Crippen molar-refractivity contribution in [3.05, 3.63) is 58.6 Å². The third-order valence-corrected chi connectivity index (χ3v) is 6.88. The number of amides is 1. The summed E-state index contributed by atoms with van der Waals surface area (Å²) in [6, 6.07) is 10.7. The van der Waals surface area contributed by atoms with Gasteiger partial charge in [0.15, 0.2) is 0 Å². The second-order valence-corrected chi connectivity index (χ2v) is 8.78. The highest BCUT2D eigenvalue weighted by Gasteiger charge is 2.23. The molecule has 164 valence electrons. The van der Waals surface area contributed by atoms with E-state index in [9.17, 15) is 23.1 Å². The predicted molar refractivity (Wildman–Crippen MR) is 118 cm³/mol. The van der Waals surface area contributed by atoms with Gasteiger partial charge in [-0.15, -0.1) is 0 Å². The maximum absolute atomic E-state index is 12.7. The molecule has 3 aromatic rings. The lowest BCUT2D eigenvalue weighted by Gasteiger charge is -2.19. The van der Waals surface area contributed by atoms with E-state index in [1.807, 2.05) is 0 Å². The Bertz CT molecular complexity index is 1270. The summed E-state index contributed by atoms with van der Waals surface area (Å²) in [6.07, 6.45) is 0.151. The number of aromatic hydroxyl groups is 1. The van der Waals surface area contributed by atoms with Gasteiger partial charge in [-0.05, 0) is 30.3 Å². The molecule has 0 aliphatic carbocycles. The van der Waals surface area contributed by atoms with E-state index in [-0.39, 0.29) is 34.7 Å². The molecule has 1 amide bonds. The van der Waals surface area contributed by atoms with Gasteiger partial charge in [0.25, 0.3) is 5.56 Å². The summed E-state index contributed by atoms with van der Waals surface area (Å²) in [7, 11) is -3.74. The Morgan fingerprint density at radius 3 is 2.58 bits per heavy atom. The van der Waals surface area contributed by atoms with Gasteiger partial charge in [0, 0.05) is 25.9 Å². The van der Waals surface area contributed by atoms with Crippen molar-refractivity contribution in [3.63, 3.8) is 0 Å². The fourth-order valence-electron chi connectivity index (χ4n) is 3.19. The molecule has 0 aliphatic heterocycles. The molecule has 3 rings (SSSR count). The highest BCUT2D eigenvalue weighted by atomic mass is 32.2. The highest BCUT2D eigenvalue weighted by Crippen LogP contribution is 2.28. The number of nitrogens with one attached hydrogen (secondary N) is 2. The zero-order valence-corrected chi connectivity index (χ0v) is 18.1. The van der Waals surface area contributed by atoms with Crippen molar-refractivity contribution in [1.82, 2.24) is 14.3 Å². The Labute approximate surface area is 179 Å². The Morgan fingerprint density at radius 1 is 1.16 bits per heavy atom. The number of anilines is 1. The van der Waals surface area contributed by atoms with Crippen molar-refractivity contribution >= 4 is 32.5 Å². The van der Waals surface area contributed by atoms with Crippen molar-refractivity contribution in [1.29, 1.82) is 0 Å². The van der Waals surface area contributed by atoms with Gasteiger partial charge in [-0.1, -0.05) is 26.0 Å². The molecule has 0 fully saturated rings. The first-order valence-corrected chi connectivity index (χ1v) is 11.3. The molecule has 0 aliphatic rings. The first-order valence-electron chi connectivity index (χ1n) is 9.87. The molecule has 9 nitrogen and oxygen atoms in total. The van der Waals surface area contributed by atoms with Crippen molar-refractivity contribution in [2.45, 2.75) is 31.6 Å². The molecule has 2 aromatic carbocycles. The number of para-hydroxylation sites is 1. The number of hydrogen-bond donors (Lipinski definition) is 3. The quantitative estimate of drug-likeness (QED) is 0.457. The summed E-state index contributed by atoms with van der Waals surface area (Å²) in [5.41, 5.74) is 0.250. The van der Waals surface area contributed by atoms with E-state index < -0.39 is 15.9 Å². The predicted octanol–water partition coefficient (Wildman–Crippen LogP) is 2.23. The van der Waals surface area contributed by atoms with Crippen molar-refractivity contribution in [3.8, 4) is 5.75 Å². The van der Waals surface area contributed by atoms with Crippen LogP contribution in [0, 0.1) is 0 Å². The number of hydrogen-bond acceptors (Lipinski definition) is 6. The molecule has 0 spiro atoms. The number of sulfonamides is 1. The normalized spacial score (nSPS) is 11.7. The van der Waals surface area contributed by atoms with Crippen LogP contribution < -0.4 is 10.9 Å². The van der Waals surface area contributed by atoms with Gasteiger partial charge < -0.3 is 15.4 Å². The van der Waals surface area contributed by atoms with Crippen LogP contribution in [0.4, 0.5) is 5.69 Å². The van der Waals surface area contributed by atoms with Crippen LogP contribution in [0.3, 0.4) is 0 Å². The van der Waals surface area contributed by atoms with Gasteiger partial charge in [-0.3, -0.25) is 9.59 Å². The van der Waals surface area contributed by atoms with Crippen LogP contribution >= 0.6 is 0 Å². The number of H-pyrrole nitrogens is 1. The third kappa shape index (κ3) is 4.92. The number of nitrogens with zero attached hydrogens (tertiary/aromatic N) is 2. The fraction of sp³-hybridized carbons (Fsp3) is 0.286. The number of carbonyl (C=O) groups excluding carboxylic acids is 1. The minimum atomic E-state index is -3.74. The number of benzene rings is 2. The van der Waals surface area contributed by atoms with E-state index in [1.54, 1.807) is 38.1 Å². The molecule has 1 heterocycles. The van der Waals surface area contributed by atoms with E-state index in [2.05, 4.69) is 15.3 Å². The zero-order valence-electron chi connectivity index (χ0n) is 17.3. The summed E-state index contributed by atoms with van der Waals surface area (Å²) >= 11 is 0. The number of aryl methyl sites for hydroxylation is 1. The standard InChI is InChI=1S/C21H24N4O5S/c1-3-25(4-2)31(29,30)14-9-10-18(26)17(13-14)23-20(27)12-11-19-22-16-8-6-5-7-15(16)21(28)24-19/h5-10,13,26H,3-4,11-12H2,1-2H3,(H,23,27)(H,22,24,28). The summed E-state index contributed by atoms with van der Waals surface area (Å²) in [5.74, 6) is -0.339. The number of fused-ring (bicyclic) bond motifs is 1. The van der Waals surface area contributed by atoms with Crippen molar-refractivity contribution in [2.75, 3.05) is 18.4 Å². The molecule has 0 radical (unpaired) electrons. The second-order valence-electron chi connectivity index (χ2n) is 6.85. The third-order valence-electron chi connectivity index (χ3n) is 4.84. The molecule has 0 atom stereocenters. The first-order chi connectivity index (χ1) is 14.8. The molecule has 0 saturated heterocycles. The Hall–Kier alpha value is -3.24. The van der Waals surface area contributed by atoms with Crippen LogP contribution in [-0.2, 0) is 21.2 Å². The first kappa shape index (κ1) is 22.4. The summed E-state index contributed by atoms with van der Waals surface area (Å²) in [4.78, 5) is 31.5. The van der Waals surface area contributed by atoms with Crippen LogP contribution in [0.25, 0.3) is 10.9 Å². The Morgan fingerprint density at radius 2 is 1.87 bits per heavy atom. The molecular weight excluding hydrogens is 420 g/mol. The minimum Gasteiger partial charge on any atom is -0.506 e. The van der Waals surface area contributed by atoms with Gasteiger partial charge in [0.1, 0.15) is 11.6 Å². The monoisotopic (exact) mass is 444 g/mol. The Kier molecular flexibility index (Phi) is 6.71. The van der Waals surface area contributed by atoms with Crippen molar-refractivity contribution < 1.29 is 18.3 Å². The number of phenols is 1. The lowest BCUT2D eigenvalue weighted by atomic mass is 10.2. The summed E-state index contributed by atoms with van der Waals surface area (Å²) in [5, 5.41) is 13.1. The lowest BCUT2D eigenvalue weighted by molar-refractivity contribution is -0.116. The highest BCUT2D eigenvalue weighted by molar-refractivity contribution is 7.89. The SMILES string of the molecule is CCN(CC)S(=O)(=O)c1ccc(O)c(NC(=O)CCc2nc3ccccc3c(=O)[nH]2)c1. The van der Waals surface area contributed by atoms with E-state index in [4.69, 9.17) is 0 Å². The molecule has 10 heteroatoms. The maximum atomic E-state index is 12.7. The number of phenolic OH excluding ortho intramolecular Hbond substituents is 1. The maximum Gasteiger partial charge on any atom is 0.258 e. The average Bonchev–Trinajstić information content (AvgIpc) is 2.74. The molecular formula is C21H24N4O5S. The molecule has 1 aromatic heterocycles. The number of rotatable bonds is 8. The van der Waals surface area contributed by atoms with Crippen molar-refractivity contribution in [2.24, 2.45) is 0 Å². The van der Waals surface area contributed by atoms with E-state index in [0.29, 0.717) is 29.8 Å². The van der Waals surface area contributed by atoms with Crippen LogP contribution in [0.5, 0.6) is 5.75 Å². The van der Waals surface area contributed by atoms with Gasteiger partial charge in [-0.2, -0.15) is 4.31 Å². The summed E-state index contributed by atoms with van der Waals surface area (Å²) in [6.45, 7) is 4.07. The van der Waals surface area contributed by atoms with E-state index >= 15 is 0 Å². The average molecular weight is 445 g/mol. The molecule has 31 heavy (non-hydrogen) atoms.